The van der Waals surface area contributed by atoms with Gasteiger partial charge in [0.2, 0.25) is 5.91 Å². The summed E-state index contributed by atoms with van der Waals surface area (Å²) in [6.45, 7) is 17.0. The monoisotopic (exact) mass is 419 g/mol. The number of anilines is 1. The second-order valence-corrected chi connectivity index (χ2v) is 9.04. The van der Waals surface area contributed by atoms with Crippen molar-refractivity contribution in [1.29, 1.82) is 0 Å². The summed E-state index contributed by atoms with van der Waals surface area (Å²) >= 11 is 4.85. The summed E-state index contributed by atoms with van der Waals surface area (Å²) in [6.07, 6.45) is 0. The van der Waals surface area contributed by atoms with E-state index in [1.54, 1.807) is 0 Å². The number of hydrogen-bond donors (Lipinski definition) is 3. The number of benzene rings is 1. The Balaban J connectivity index is 3.11. The van der Waals surface area contributed by atoms with Crippen LogP contribution in [0.4, 0.5) is 5.69 Å². The summed E-state index contributed by atoms with van der Waals surface area (Å²) in [4.78, 5) is 15.6. The minimum atomic E-state index is -0.421. The molecule has 0 aliphatic carbocycles. The molecular weight excluding hydrogens is 382 g/mol. The van der Waals surface area contributed by atoms with E-state index in [0.717, 1.165) is 29.9 Å². The van der Waals surface area contributed by atoms with Gasteiger partial charge in [0.05, 0.1) is 5.92 Å². The zero-order valence-electron chi connectivity index (χ0n) is 18.9. The Hall–Kier alpha value is -1.99. The van der Waals surface area contributed by atoms with Crippen molar-refractivity contribution in [3.05, 3.63) is 29.3 Å². The van der Waals surface area contributed by atoms with E-state index in [2.05, 4.69) is 54.5 Å². The molecule has 0 saturated heterocycles. The molecule has 0 unspecified atom stereocenters. The van der Waals surface area contributed by atoms with Crippen molar-refractivity contribution in [3.8, 4) is 0 Å². The molecule has 0 aliphatic heterocycles. The molecule has 1 amide bonds. The van der Waals surface area contributed by atoms with E-state index in [1.807, 2.05) is 32.9 Å². The number of rotatable bonds is 10. The fourth-order valence-electron chi connectivity index (χ4n) is 3.31. The first-order valence-electron chi connectivity index (χ1n) is 10.2. The van der Waals surface area contributed by atoms with E-state index in [1.165, 1.54) is 0 Å². The van der Waals surface area contributed by atoms with Crippen molar-refractivity contribution in [2.45, 2.75) is 48.5 Å². The maximum atomic E-state index is 13.2. The summed E-state index contributed by atoms with van der Waals surface area (Å²) in [6, 6.07) is 6.00. The van der Waals surface area contributed by atoms with Crippen LogP contribution >= 0.6 is 12.2 Å². The van der Waals surface area contributed by atoms with Gasteiger partial charge in [-0.1, -0.05) is 45.4 Å². The highest BCUT2D eigenvalue weighted by Gasteiger charge is 2.26. The summed E-state index contributed by atoms with van der Waals surface area (Å²) in [5.41, 5.74) is 11.8. The molecule has 0 bridgehead atoms. The Labute approximate surface area is 181 Å². The Morgan fingerprint density at radius 3 is 2.21 bits per heavy atom. The average Bonchev–Trinajstić information content (AvgIpc) is 2.58. The number of nitrogens with one attached hydrogen (secondary N) is 2. The Morgan fingerprint density at radius 2 is 1.72 bits per heavy atom. The van der Waals surface area contributed by atoms with Crippen LogP contribution in [0.5, 0.6) is 0 Å². The highest BCUT2D eigenvalue weighted by molar-refractivity contribution is 7.80. The zero-order valence-corrected chi connectivity index (χ0v) is 19.7. The van der Waals surface area contributed by atoms with E-state index < -0.39 is 5.92 Å². The lowest BCUT2D eigenvalue weighted by Gasteiger charge is -2.30. The molecule has 0 aliphatic rings. The van der Waals surface area contributed by atoms with Gasteiger partial charge in [-0.25, -0.2) is 0 Å². The number of aryl methyl sites for hydroxylation is 2. The number of hydrazone groups is 1. The quantitative estimate of drug-likeness (QED) is 0.306. The number of amides is 1. The van der Waals surface area contributed by atoms with E-state index in [-0.39, 0.29) is 11.0 Å². The van der Waals surface area contributed by atoms with Gasteiger partial charge in [0, 0.05) is 31.0 Å². The molecule has 0 spiro atoms. The van der Waals surface area contributed by atoms with Crippen LogP contribution in [0.25, 0.3) is 0 Å². The maximum absolute atomic E-state index is 13.2. The first-order chi connectivity index (χ1) is 13.5. The summed E-state index contributed by atoms with van der Waals surface area (Å²) in [5, 5.41) is 7.41. The van der Waals surface area contributed by atoms with Gasteiger partial charge in [0.15, 0.2) is 5.11 Å². The van der Waals surface area contributed by atoms with Crippen molar-refractivity contribution >= 4 is 34.6 Å². The van der Waals surface area contributed by atoms with Gasteiger partial charge < -0.3 is 16.0 Å². The first kappa shape index (κ1) is 25.0. The standard InChI is InChI=1S/C22H37N5OS/c1-14(2)11-27(12-15(3)4)13-19(18(7)25-26-22(23)29)21(28)24-20-9-8-16(5)10-17(20)6/h8-10,14-15,19H,11-13H2,1-7H3,(H,24,28)(H3,23,26,29)/b25-18+/t19-/m1/s1. The lowest BCUT2D eigenvalue weighted by molar-refractivity contribution is -0.118. The van der Waals surface area contributed by atoms with Crippen molar-refractivity contribution in [1.82, 2.24) is 10.3 Å². The fraction of sp³-hybridized carbons (Fsp3) is 0.591. The van der Waals surface area contributed by atoms with Crippen LogP contribution in [-0.2, 0) is 4.79 Å². The SMILES string of the molecule is C/C(=N\NC(N)=S)[C@@H](CN(CC(C)C)CC(C)C)C(=O)Nc1ccc(C)cc1C. The van der Waals surface area contributed by atoms with Crippen molar-refractivity contribution < 1.29 is 4.79 Å². The average molecular weight is 420 g/mol. The van der Waals surface area contributed by atoms with Crippen LogP contribution in [-0.4, -0.2) is 41.3 Å². The first-order valence-corrected chi connectivity index (χ1v) is 10.6. The Kier molecular flexibility index (Phi) is 10.3. The van der Waals surface area contributed by atoms with Gasteiger partial charge >= 0.3 is 0 Å². The highest BCUT2D eigenvalue weighted by atomic mass is 32.1. The normalized spacial score (nSPS) is 13.1. The second-order valence-electron chi connectivity index (χ2n) is 8.60. The van der Waals surface area contributed by atoms with Gasteiger partial charge in [-0.05, 0) is 56.5 Å². The van der Waals surface area contributed by atoms with Crippen LogP contribution in [0, 0.1) is 31.6 Å². The van der Waals surface area contributed by atoms with Crippen molar-refractivity contribution in [2.24, 2.45) is 28.6 Å². The number of carbonyl (C=O) groups is 1. The zero-order chi connectivity index (χ0) is 22.1. The number of hydrogen-bond acceptors (Lipinski definition) is 4. The van der Waals surface area contributed by atoms with E-state index in [0.29, 0.717) is 24.1 Å². The molecule has 1 atom stereocenters. The third-order valence-corrected chi connectivity index (χ3v) is 4.58. The van der Waals surface area contributed by atoms with E-state index >= 15 is 0 Å². The van der Waals surface area contributed by atoms with Gasteiger partial charge in [-0.3, -0.25) is 10.2 Å². The van der Waals surface area contributed by atoms with Crippen LogP contribution in [0.15, 0.2) is 23.3 Å². The van der Waals surface area contributed by atoms with Gasteiger partial charge in [-0.15, -0.1) is 0 Å². The largest absolute Gasteiger partial charge is 0.375 e. The van der Waals surface area contributed by atoms with Crippen molar-refractivity contribution in [2.75, 3.05) is 25.0 Å². The lowest BCUT2D eigenvalue weighted by Crippen LogP contribution is -2.43. The molecule has 7 heteroatoms. The number of carbonyl (C=O) groups excluding carboxylic acids is 1. The summed E-state index contributed by atoms with van der Waals surface area (Å²) in [7, 11) is 0. The van der Waals surface area contributed by atoms with Gasteiger partial charge in [0.1, 0.15) is 0 Å². The third-order valence-electron chi connectivity index (χ3n) is 4.49. The minimum Gasteiger partial charge on any atom is -0.375 e. The van der Waals surface area contributed by atoms with Gasteiger partial charge in [0.25, 0.3) is 0 Å². The molecule has 6 nitrogen and oxygen atoms in total. The molecule has 0 saturated carbocycles. The van der Waals surface area contributed by atoms with Crippen LogP contribution < -0.4 is 16.5 Å². The molecule has 0 fully saturated rings. The van der Waals surface area contributed by atoms with E-state index in [9.17, 15) is 4.79 Å². The molecule has 0 radical (unpaired) electrons. The van der Waals surface area contributed by atoms with Crippen LogP contribution in [0.3, 0.4) is 0 Å². The fourth-order valence-corrected chi connectivity index (χ4v) is 3.36. The summed E-state index contributed by atoms with van der Waals surface area (Å²) < 4.78 is 0. The van der Waals surface area contributed by atoms with E-state index in [4.69, 9.17) is 18.0 Å². The molecule has 0 heterocycles. The predicted octanol–water partition coefficient (Wildman–Crippen LogP) is 3.68. The topological polar surface area (TPSA) is 82.8 Å². The lowest BCUT2D eigenvalue weighted by atomic mass is 10.00. The summed E-state index contributed by atoms with van der Waals surface area (Å²) in [5.74, 6) is 0.503. The smallest absolute Gasteiger partial charge is 0.234 e. The van der Waals surface area contributed by atoms with Crippen LogP contribution in [0.2, 0.25) is 0 Å². The van der Waals surface area contributed by atoms with Crippen LogP contribution in [0.1, 0.15) is 45.7 Å². The second kappa shape index (κ2) is 11.9. The Bertz CT molecular complexity index is 720. The molecule has 4 N–H and O–H groups in total. The molecular formula is C22H37N5OS. The maximum Gasteiger partial charge on any atom is 0.234 e. The predicted molar refractivity (Wildman–Crippen MR) is 127 cm³/mol. The molecule has 1 aromatic rings. The minimum absolute atomic E-state index is 0.0825. The molecule has 162 valence electrons. The molecule has 1 aromatic carbocycles. The highest BCUT2D eigenvalue weighted by Crippen LogP contribution is 2.18. The number of thiocarbonyl (C=S) groups is 1. The van der Waals surface area contributed by atoms with Crippen molar-refractivity contribution in [3.63, 3.8) is 0 Å². The number of nitrogens with two attached hydrogens (primary N) is 1. The third kappa shape index (κ3) is 9.37. The molecule has 1 rings (SSSR count). The molecule has 0 aromatic heterocycles. The Morgan fingerprint density at radius 1 is 1.14 bits per heavy atom. The number of nitrogens with zero attached hydrogens (tertiary/aromatic N) is 2. The molecule has 29 heavy (non-hydrogen) atoms. The van der Waals surface area contributed by atoms with Gasteiger partial charge in [-0.2, -0.15) is 5.10 Å².